The van der Waals surface area contributed by atoms with E-state index in [9.17, 15) is 14.7 Å². The SMILES string of the molecule is CCCCCCN1C[C@H](CCOc2ccc(C[C@](C)(Oc3ccccc3)C(=O)O)cc2)N(C)C1=O. The molecule has 2 aromatic rings. The number of carbonyl (C=O) groups excluding carboxylic acids is 1. The van der Waals surface area contributed by atoms with Gasteiger partial charge in [-0.3, -0.25) is 0 Å². The summed E-state index contributed by atoms with van der Waals surface area (Å²) in [5.41, 5.74) is -0.538. The number of hydrogen-bond donors (Lipinski definition) is 1. The molecule has 0 aliphatic carbocycles. The fourth-order valence-electron chi connectivity index (χ4n) is 4.35. The topological polar surface area (TPSA) is 79.3 Å². The van der Waals surface area contributed by atoms with Crippen molar-refractivity contribution in [1.29, 1.82) is 0 Å². The van der Waals surface area contributed by atoms with Crippen LogP contribution in [0.5, 0.6) is 11.5 Å². The highest BCUT2D eigenvalue weighted by atomic mass is 16.5. The normalized spacial score (nSPS) is 17.3. The van der Waals surface area contributed by atoms with E-state index in [1.807, 2.05) is 59.3 Å². The minimum Gasteiger partial charge on any atom is -0.494 e. The molecule has 7 heteroatoms. The van der Waals surface area contributed by atoms with Crippen LogP contribution in [0.25, 0.3) is 0 Å². The smallest absolute Gasteiger partial charge is 0.348 e. The Hall–Kier alpha value is -3.22. The van der Waals surface area contributed by atoms with Crippen LogP contribution in [0.1, 0.15) is 51.5 Å². The Kier molecular flexibility index (Phi) is 9.40. The van der Waals surface area contributed by atoms with Crippen molar-refractivity contribution >= 4 is 12.0 Å². The number of nitrogens with zero attached hydrogens (tertiary/aromatic N) is 2. The van der Waals surface area contributed by atoms with Crippen molar-refractivity contribution in [3.05, 3.63) is 60.2 Å². The van der Waals surface area contributed by atoms with Gasteiger partial charge in [0.2, 0.25) is 5.60 Å². The summed E-state index contributed by atoms with van der Waals surface area (Å²) < 4.78 is 11.7. The van der Waals surface area contributed by atoms with Gasteiger partial charge in [-0.05, 0) is 43.2 Å². The van der Waals surface area contributed by atoms with E-state index in [-0.39, 0.29) is 18.5 Å². The average molecular weight is 483 g/mol. The molecule has 35 heavy (non-hydrogen) atoms. The van der Waals surface area contributed by atoms with Crippen LogP contribution >= 0.6 is 0 Å². The number of aliphatic carboxylic acids is 1. The minimum absolute atomic E-state index is 0.107. The Labute approximate surface area is 208 Å². The number of rotatable bonds is 14. The summed E-state index contributed by atoms with van der Waals surface area (Å²) in [5.74, 6) is 0.224. The molecule has 1 fully saturated rings. The first-order valence-corrected chi connectivity index (χ1v) is 12.5. The molecular weight excluding hydrogens is 444 g/mol. The lowest BCUT2D eigenvalue weighted by atomic mass is 9.96. The van der Waals surface area contributed by atoms with E-state index in [0.717, 1.165) is 43.7 Å². The van der Waals surface area contributed by atoms with Crippen molar-refractivity contribution < 1.29 is 24.2 Å². The van der Waals surface area contributed by atoms with E-state index in [1.54, 1.807) is 19.1 Å². The molecule has 1 heterocycles. The van der Waals surface area contributed by atoms with E-state index in [0.29, 0.717) is 12.4 Å². The first-order chi connectivity index (χ1) is 16.8. The van der Waals surface area contributed by atoms with Crippen LogP contribution in [-0.4, -0.2) is 65.3 Å². The van der Waals surface area contributed by atoms with Gasteiger partial charge in [-0.2, -0.15) is 0 Å². The molecule has 0 saturated carbocycles. The zero-order valence-corrected chi connectivity index (χ0v) is 21.1. The van der Waals surface area contributed by atoms with Crippen molar-refractivity contribution in [3.8, 4) is 11.5 Å². The van der Waals surface area contributed by atoms with Gasteiger partial charge < -0.3 is 24.4 Å². The zero-order valence-electron chi connectivity index (χ0n) is 21.1. The molecule has 7 nitrogen and oxygen atoms in total. The fourth-order valence-corrected chi connectivity index (χ4v) is 4.35. The van der Waals surface area contributed by atoms with Gasteiger partial charge in [-0.25, -0.2) is 9.59 Å². The molecule has 0 bridgehead atoms. The van der Waals surface area contributed by atoms with E-state index >= 15 is 0 Å². The second-order valence-electron chi connectivity index (χ2n) is 9.46. The number of benzene rings is 2. The van der Waals surface area contributed by atoms with Crippen LogP contribution in [0.3, 0.4) is 0 Å². The van der Waals surface area contributed by atoms with Gasteiger partial charge in [-0.15, -0.1) is 0 Å². The number of carbonyl (C=O) groups is 2. The molecule has 2 aromatic carbocycles. The molecule has 1 saturated heterocycles. The van der Waals surface area contributed by atoms with Crippen LogP contribution in [0.4, 0.5) is 4.79 Å². The number of unbranched alkanes of at least 4 members (excludes halogenated alkanes) is 3. The van der Waals surface area contributed by atoms with Gasteiger partial charge in [0, 0.05) is 33.0 Å². The quantitative estimate of drug-likeness (QED) is 0.373. The molecule has 2 amide bonds. The Balaban J connectivity index is 1.48. The molecule has 1 aliphatic heterocycles. The zero-order chi connectivity index (χ0) is 25.3. The molecule has 0 unspecified atom stereocenters. The Bertz CT molecular complexity index is 950. The first kappa shape index (κ1) is 26.4. The first-order valence-electron chi connectivity index (χ1n) is 12.5. The average Bonchev–Trinajstić information content (AvgIpc) is 3.11. The monoisotopic (exact) mass is 482 g/mol. The molecular formula is C28H38N2O5. The summed E-state index contributed by atoms with van der Waals surface area (Å²) in [6.45, 7) is 5.85. The second-order valence-corrected chi connectivity index (χ2v) is 9.46. The molecule has 1 aliphatic rings. The van der Waals surface area contributed by atoms with Crippen molar-refractivity contribution in [1.82, 2.24) is 9.80 Å². The van der Waals surface area contributed by atoms with Crippen LogP contribution < -0.4 is 9.47 Å². The summed E-state index contributed by atoms with van der Waals surface area (Å²) >= 11 is 0. The van der Waals surface area contributed by atoms with Crippen molar-refractivity contribution in [3.63, 3.8) is 0 Å². The van der Waals surface area contributed by atoms with Gasteiger partial charge in [0.05, 0.1) is 12.6 Å². The predicted octanol–water partition coefficient (Wildman–Crippen LogP) is 5.24. The van der Waals surface area contributed by atoms with E-state index < -0.39 is 11.6 Å². The van der Waals surface area contributed by atoms with E-state index in [4.69, 9.17) is 9.47 Å². The lowest BCUT2D eigenvalue weighted by Crippen LogP contribution is -2.43. The summed E-state index contributed by atoms with van der Waals surface area (Å²) in [6.07, 6.45) is 5.61. The molecule has 0 aromatic heterocycles. The van der Waals surface area contributed by atoms with Crippen LogP contribution in [0.15, 0.2) is 54.6 Å². The fraction of sp³-hybridized carbons (Fsp3) is 0.500. The highest BCUT2D eigenvalue weighted by molar-refractivity contribution is 5.78. The van der Waals surface area contributed by atoms with Crippen LogP contribution in [0.2, 0.25) is 0 Å². The minimum atomic E-state index is -1.38. The summed E-state index contributed by atoms with van der Waals surface area (Å²) in [4.78, 5) is 28.2. The highest BCUT2D eigenvalue weighted by Gasteiger charge is 2.36. The largest absolute Gasteiger partial charge is 0.494 e. The lowest BCUT2D eigenvalue weighted by Gasteiger charge is -2.26. The molecule has 1 N–H and O–H groups in total. The lowest BCUT2D eigenvalue weighted by molar-refractivity contribution is -0.153. The summed E-state index contributed by atoms with van der Waals surface area (Å²) in [7, 11) is 1.87. The number of carboxylic acid groups (broad SMARTS) is 1. The number of likely N-dealkylation sites (N-methyl/N-ethyl adjacent to an activating group) is 1. The Morgan fingerprint density at radius 1 is 1.06 bits per heavy atom. The highest BCUT2D eigenvalue weighted by Crippen LogP contribution is 2.24. The van der Waals surface area contributed by atoms with E-state index in [2.05, 4.69) is 6.92 Å². The third-order valence-corrected chi connectivity index (χ3v) is 6.56. The van der Waals surface area contributed by atoms with Crippen LogP contribution in [0, 0.1) is 0 Å². The Morgan fingerprint density at radius 3 is 2.43 bits per heavy atom. The number of urea groups is 1. The summed E-state index contributed by atoms with van der Waals surface area (Å²) in [5, 5.41) is 9.78. The maximum atomic E-state index is 12.5. The number of para-hydroxylation sites is 1. The molecule has 0 spiro atoms. The van der Waals surface area contributed by atoms with Gasteiger partial charge in [0.1, 0.15) is 11.5 Å². The number of carboxylic acids is 1. The maximum Gasteiger partial charge on any atom is 0.348 e. The molecule has 2 atom stereocenters. The Morgan fingerprint density at radius 2 is 1.77 bits per heavy atom. The van der Waals surface area contributed by atoms with Gasteiger partial charge >= 0.3 is 12.0 Å². The van der Waals surface area contributed by atoms with Crippen molar-refractivity contribution in [2.75, 3.05) is 26.7 Å². The molecule has 3 rings (SSSR count). The predicted molar refractivity (Wildman–Crippen MR) is 136 cm³/mol. The second kappa shape index (κ2) is 12.5. The molecule has 190 valence electrons. The van der Waals surface area contributed by atoms with Gasteiger partial charge in [0.15, 0.2) is 0 Å². The van der Waals surface area contributed by atoms with Crippen molar-refractivity contribution in [2.45, 2.75) is 64.0 Å². The van der Waals surface area contributed by atoms with Gasteiger partial charge in [-0.1, -0.05) is 56.5 Å². The third kappa shape index (κ3) is 7.38. The molecule has 0 radical (unpaired) electrons. The van der Waals surface area contributed by atoms with Crippen molar-refractivity contribution in [2.24, 2.45) is 0 Å². The maximum absolute atomic E-state index is 12.5. The van der Waals surface area contributed by atoms with Crippen LogP contribution in [-0.2, 0) is 11.2 Å². The number of ether oxygens (including phenoxy) is 2. The number of amides is 2. The van der Waals surface area contributed by atoms with E-state index in [1.165, 1.54) is 12.8 Å². The third-order valence-electron chi connectivity index (χ3n) is 6.56. The number of hydrogen-bond acceptors (Lipinski definition) is 4. The standard InChI is InChI=1S/C28H38N2O5/c1-4-5-6-10-18-30-21-23(29(3)27(30)33)17-19-34-24-15-13-22(14-16-24)20-28(2,26(31)32)35-25-11-8-7-9-12-25/h7-9,11-16,23H,4-6,10,17-21H2,1-3H3,(H,31,32)/t23-,28-/m0/s1. The van der Waals surface area contributed by atoms with Gasteiger partial charge in [0.25, 0.3) is 0 Å². The summed E-state index contributed by atoms with van der Waals surface area (Å²) in [6, 6.07) is 16.7.